The number of rotatable bonds is 2. The number of halogens is 2. The molecule has 1 heterocycles. The molecule has 0 fully saturated rings. The van der Waals surface area contributed by atoms with Crippen LogP contribution < -0.4 is 5.73 Å². The number of fused-ring (bicyclic) bond motifs is 1. The van der Waals surface area contributed by atoms with Crippen LogP contribution in [0.4, 0.5) is 8.78 Å². The summed E-state index contributed by atoms with van der Waals surface area (Å²) in [5, 5.41) is 0. The minimum atomic E-state index is -2.43. The van der Waals surface area contributed by atoms with Gasteiger partial charge >= 0.3 is 6.55 Å². The first-order valence-corrected chi connectivity index (χ1v) is 4.93. The molecule has 0 amide bonds. The van der Waals surface area contributed by atoms with Crippen molar-refractivity contribution < 1.29 is 8.78 Å². The minimum Gasteiger partial charge on any atom is -0.326 e. The summed E-state index contributed by atoms with van der Waals surface area (Å²) < 4.78 is 26.3. The Kier molecular flexibility index (Phi) is 2.54. The van der Waals surface area contributed by atoms with E-state index in [1.165, 1.54) is 6.20 Å². The molecule has 1 aromatic heterocycles. The van der Waals surface area contributed by atoms with Crippen molar-refractivity contribution in [3.8, 4) is 0 Å². The van der Waals surface area contributed by atoms with Crippen LogP contribution in [0.5, 0.6) is 0 Å². The highest BCUT2D eigenvalue weighted by atomic mass is 19.3. The van der Waals surface area contributed by atoms with E-state index in [2.05, 4.69) is 0 Å². The normalized spacial score (nSPS) is 16.0. The molecule has 0 saturated carbocycles. The quantitative estimate of drug-likeness (QED) is 0.779. The highest BCUT2D eigenvalue weighted by Gasteiger charge is 2.21. The van der Waals surface area contributed by atoms with E-state index in [9.17, 15) is 8.78 Å². The van der Waals surface area contributed by atoms with Gasteiger partial charge in [-0.3, -0.25) is 4.57 Å². The van der Waals surface area contributed by atoms with Gasteiger partial charge in [-0.2, -0.15) is 8.78 Å². The van der Waals surface area contributed by atoms with Crippen LogP contribution in [-0.2, 0) is 19.4 Å². The molecule has 0 aromatic carbocycles. The van der Waals surface area contributed by atoms with Gasteiger partial charge in [0, 0.05) is 18.4 Å². The zero-order chi connectivity index (χ0) is 10.1. The number of aromatic nitrogens is 1. The average Bonchev–Trinajstić information content (AvgIpc) is 2.56. The number of nitrogens with zero attached hydrogens (tertiary/aromatic N) is 1. The maximum absolute atomic E-state index is 12.6. The fourth-order valence-corrected chi connectivity index (χ4v) is 2.19. The van der Waals surface area contributed by atoms with Gasteiger partial charge in [0.2, 0.25) is 0 Å². The highest BCUT2D eigenvalue weighted by Crippen LogP contribution is 2.29. The summed E-state index contributed by atoms with van der Waals surface area (Å²) >= 11 is 0. The lowest BCUT2D eigenvalue weighted by Crippen LogP contribution is -2.09. The zero-order valence-corrected chi connectivity index (χ0v) is 7.97. The lowest BCUT2D eigenvalue weighted by molar-refractivity contribution is 0.0671. The van der Waals surface area contributed by atoms with Crippen LogP contribution in [0.2, 0.25) is 0 Å². The molecule has 0 spiro atoms. The molecular formula is C10H14F2N2. The average molecular weight is 200 g/mol. The second-order valence-electron chi connectivity index (χ2n) is 3.68. The van der Waals surface area contributed by atoms with Crippen molar-refractivity contribution in [1.82, 2.24) is 4.57 Å². The van der Waals surface area contributed by atoms with Crippen molar-refractivity contribution in [2.75, 3.05) is 0 Å². The molecule has 1 aliphatic carbocycles. The first-order chi connectivity index (χ1) is 6.74. The molecule has 1 aliphatic rings. The van der Waals surface area contributed by atoms with E-state index < -0.39 is 6.55 Å². The standard InChI is InChI=1S/C10H14F2N2/c11-10(12)14-6-7(5-13)8-3-1-2-4-9(8)14/h6,10H,1-5,13H2. The molecule has 78 valence electrons. The smallest absolute Gasteiger partial charge is 0.318 e. The summed E-state index contributed by atoms with van der Waals surface area (Å²) in [6.45, 7) is -2.07. The Bertz CT molecular complexity index is 331. The molecule has 0 unspecified atom stereocenters. The number of hydrogen-bond donors (Lipinski definition) is 1. The van der Waals surface area contributed by atoms with Crippen LogP contribution in [0.3, 0.4) is 0 Å². The Morgan fingerprint density at radius 3 is 2.71 bits per heavy atom. The van der Waals surface area contributed by atoms with Crippen molar-refractivity contribution in [2.24, 2.45) is 5.73 Å². The summed E-state index contributed by atoms with van der Waals surface area (Å²) in [4.78, 5) is 0. The summed E-state index contributed by atoms with van der Waals surface area (Å²) in [5.41, 5.74) is 8.28. The maximum atomic E-state index is 12.6. The van der Waals surface area contributed by atoms with Gasteiger partial charge in [-0.05, 0) is 36.8 Å². The molecule has 0 aliphatic heterocycles. The molecule has 2 N–H and O–H groups in total. The molecule has 0 bridgehead atoms. The Morgan fingerprint density at radius 1 is 1.36 bits per heavy atom. The van der Waals surface area contributed by atoms with Gasteiger partial charge in [-0.1, -0.05) is 0 Å². The van der Waals surface area contributed by atoms with Gasteiger partial charge in [-0.25, -0.2) is 0 Å². The second-order valence-corrected chi connectivity index (χ2v) is 3.68. The molecule has 0 saturated heterocycles. The summed E-state index contributed by atoms with van der Waals surface area (Å²) in [6.07, 6.45) is 5.28. The van der Waals surface area contributed by atoms with E-state index in [1.54, 1.807) is 0 Å². The Balaban J connectivity index is 2.46. The monoisotopic (exact) mass is 200 g/mol. The molecular weight excluding hydrogens is 186 g/mol. The fourth-order valence-electron chi connectivity index (χ4n) is 2.19. The molecule has 0 atom stereocenters. The Hall–Kier alpha value is -0.900. The molecule has 4 heteroatoms. The molecule has 14 heavy (non-hydrogen) atoms. The van der Waals surface area contributed by atoms with Crippen LogP contribution in [0.1, 0.15) is 36.2 Å². The Labute approximate surface area is 81.7 Å². The van der Waals surface area contributed by atoms with Crippen molar-refractivity contribution in [3.05, 3.63) is 23.0 Å². The summed E-state index contributed by atoms with van der Waals surface area (Å²) in [5.74, 6) is 0. The van der Waals surface area contributed by atoms with E-state index in [0.717, 1.165) is 47.1 Å². The van der Waals surface area contributed by atoms with Gasteiger partial charge in [0.25, 0.3) is 0 Å². The van der Waals surface area contributed by atoms with Gasteiger partial charge in [0.15, 0.2) is 0 Å². The predicted molar refractivity (Wildman–Crippen MR) is 50.2 cm³/mol. The minimum absolute atomic E-state index is 0.363. The van der Waals surface area contributed by atoms with Crippen LogP contribution in [-0.4, -0.2) is 4.57 Å². The highest BCUT2D eigenvalue weighted by molar-refractivity contribution is 5.34. The molecule has 2 rings (SSSR count). The number of alkyl halides is 2. The van der Waals surface area contributed by atoms with E-state index in [1.807, 2.05) is 0 Å². The molecule has 2 nitrogen and oxygen atoms in total. The second kappa shape index (κ2) is 3.69. The lowest BCUT2D eigenvalue weighted by atomic mass is 9.95. The van der Waals surface area contributed by atoms with E-state index in [4.69, 9.17) is 5.73 Å². The number of hydrogen-bond acceptors (Lipinski definition) is 1. The van der Waals surface area contributed by atoms with Gasteiger partial charge < -0.3 is 5.73 Å². The zero-order valence-electron chi connectivity index (χ0n) is 7.97. The third-order valence-corrected chi connectivity index (χ3v) is 2.86. The van der Waals surface area contributed by atoms with Crippen LogP contribution >= 0.6 is 0 Å². The summed E-state index contributed by atoms with van der Waals surface area (Å²) in [7, 11) is 0. The van der Waals surface area contributed by atoms with E-state index >= 15 is 0 Å². The van der Waals surface area contributed by atoms with Crippen LogP contribution in [0.15, 0.2) is 6.20 Å². The predicted octanol–water partition coefficient (Wildman–Crippen LogP) is 2.22. The van der Waals surface area contributed by atoms with Gasteiger partial charge in [0.1, 0.15) is 0 Å². The topological polar surface area (TPSA) is 30.9 Å². The van der Waals surface area contributed by atoms with E-state index in [-0.39, 0.29) is 0 Å². The van der Waals surface area contributed by atoms with Gasteiger partial charge in [-0.15, -0.1) is 0 Å². The first kappa shape index (κ1) is 9.65. The van der Waals surface area contributed by atoms with Crippen LogP contribution in [0, 0.1) is 0 Å². The molecule has 1 aromatic rings. The van der Waals surface area contributed by atoms with Gasteiger partial charge in [0.05, 0.1) is 0 Å². The molecule has 0 radical (unpaired) electrons. The maximum Gasteiger partial charge on any atom is 0.318 e. The first-order valence-electron chi connectivity index (χ1n) is 4.93. The number of nitrogens with two attached hydrogens (primary N) is 1. The Morgan fingerprint density at radius 2 is 2.07 bits per heavy atom. The lowest BCUT2D eigenvalue weighted by Gasteiger charge is -2.15. The SMILES string of the molecule is NCc1cn(C(F)F)c2c1CCCC2. The van der Waals surface area contributed by atoms with Crippen LogP contribution in [0.25, 0.3) is 0 Å². The fraction of sp³-hybridized carbons (Fsp3) is 0.600. The third kappa shape index (κ3) is 1.43. The van der Waals surface area contributed by atoms with Crippen molar-refractivity contribution >= 4 is 0 Å². The van der Waals surface area contributed by atoms with Crippen molar-refractivity contribution in [2.45, 2.75) is 38.8 Å². The van der Waals surface area contributed by atoms with Crippen molar-refractivity contribution in [3.63, 3.8) is 0 Å². The largest absolute Gasteiger partial charge is 0.326 e. The van der Waals surface area contributed by atoms with Crippen molar-refractivity contribution in [1.29, 1.82) is 0 Å². The third-order valence-electron chi connectivity index (χ3n) is 2.86. The van der Waals surface area contributed by atoms with E-state index in [0.29, 0.717) is 6.54 Å². The summed E-state index contributed by atoms with van der Waals surface area (Å²) in [6, 6.07) is 0.